The number of benzene rings is 1. The Morgan fingerprint density at radius 3 is 3.43 bits per heavy atom. The van der Waals surface area contributed by atoms with Crippen molar-refractivity contribution in [3.05, 3.63) is 47.7 Å². The molecule has 0 N–H and O–H groups in total. The maximum absolute atomic E-state index is 7.57. The normalized spacial score (nSPS) is 19.6. The molecule has 0 spiro atoms. The molecule has 0 unspecified atom stereocenters. The van der Waals surface area contributed by atoms with E-state index >= 15 is 0 Å². The zero-order valence-corrected chi connectivity index (χ0v) is 8.43. The van der Waals surface area contributed by atoms with Gasteiger partial charge in [-0.05, 0) is 24.1 Å². The monoisotopic (exact) mass is 203 g/mol. The Balaban J connectivity index is 2.20. The molecule has 0 bridgehead atoms. The van der Waals surface area contributed by atoms with Crippen LogP contribution in [0.15, 0.2) is 42.2 Å². The van der Waals surface area contributed by atoms with Gasteiger partial charge >= 0.3 is 0 Å². The lowest BCUT2D eigenvalue weighted by molar-refractivity contribution is 0.481. The van der Waals surface area contributed by atoms with E-state index in [-0.39, 0.29) is 0 Å². The third kappa shape index (κ3) is 1.18. The number of rotatable bonds is 0. The molecule has 1 nitrogen and oxygen atoms in total. The molecule has 1 aromatic carbocycles. The summed E-state index contributed by atoms with van der Waals surface area (Å²) in [7, 11) is 0. The highest BCUT2D eigenvalue weighted by Crippen LogP contribution is 2.44. The van der Waals surface area contributed by atoms with Gasteiger partial charge in [-0.1, -0.05) is 18.2 Å². The maximum atomic E-state index is 7.57. The first kappa shape index (κ1) is 7.18. The van der Waals surface area contributed by atoms with Gasteiger partial charge in [0.15, 0.2) is 0 Å². The molecule has 70 valence electrons. The molecule has 0 saturated carbocycles. The lowest BCUT2D eigenvalue weighted by atomic mass is 10.1. The number of ether oxygens (including phenoxy) is 1. The standard InChI is InChI=1S/C12H10OS/c1-2-4-11-10(3-1)12-9(5-7-13-11)6-8-14-12/h1-5,7H,6,8H2/i2D. The summed E-state index contributed by atoms with van der Waals surface area (Å²) >= 11 is 1.88. The molecule has 0 radical (unpaired) electrons. The van der Waals surface area contributed by atoms with Gasteiger partial charge in [0, 0.05) is 16.2 Å². The van der Waals surface area contributed by atoms with Gasteiger partial charge in [-0.25, -0.2) is 0 Å². The third-order valence-corrected chi connectivity index (χ3v) is 3.62. The number of fused-ring (bicyclic) bond motifs is 2. The molecular weight excluding hydrogens is 192 g/mol. The minimum Gasteiger partial charge on any atom is -0.464 e. The molecule has 14 heavy (non-hydrogen) atoms. The summed E-state index contributed by atoms with van der Waals surface area (Å²) in [5.41, 5.74) is 2.49. The summed E-state index contributed by atoms with van der Waals surface area (Å²) in [4.78, 5) is 1.32. The number of thioether (sulfide) groups is 1. The molecule has 0 aliphatic carbocycles. The Bertz CT molecular complexity index is 477. The highest BCUT2D eigenvalue weighted by Gasteiger charge is 2.19. The van der Waals surface area contributed by atoms with Gasteiger partial charge in [-0.3, -0.25) is 0 Å². The van der Waals surface area contributed by atoms with Gasteiger partial charge in [0.05, 0.1) is 7.63 Å². The van der Waals surface area contributed by atoms with Crippen LogP contribution in [0, 0.1) is 0 Å². The van der Waals surface area contributed by atoms with Crippen molar-refractivity contribution >= 4 is 16.7 Å². The van der Waals surface area contributed by atoms with Crippen molar-refractivity contribution in [2.75, 3.05) is 5.75 Å². The smallest absolute Gasteiger partial charge is 0.134 e. The van der Waals surface area contributed by atoms with E-state index in [4.69, 9.17) is 6.11 Å². The van der Waals surface area contributed by atoms with E-state index in [1.165, 1.54) is 10.5 Å². The average molecular weight is 203 g/mol. The number of allylic oxidation sites excluding steroid dienone is 2. The van der Waals surface area contributed by atoms with E-state index in [1.54, 1.807) is 12.3 Å². The largest absolute Gasteiger partial charge is 0.464 e. The van der Waals surface area contributed by atoms with Crippen molar-refractivity contribution in [2.24, 2.45) is 0 Å². The van der Waals surface area contributed by atoms with E-state index in [0.717, 1.165) is 23.5 Å². The zero-order chi connectivity index (χ0) is 10.3. The van der Waals surface area contributed by atoms with Crippen LogP contribution >= 0.6 is 11.8 Å². The second-order valence-corrected chi connectivity index (χ2v) is 4.40. The Labute approximate surface area is 88.9 Å². The molecule has 0 saturated heterocycles. The fourth-order valence-electron chi connectivity index (χ4n) is 1.77. The summed E-state index contributed by atoms with van der Waals surface area (Å²) in [6.45, 7) is 0. The second kappa shape index (κ2) is 3.21. The number of para-hydroxylation sites is 1. The average Bonchev–Trinajstić information content (AvgIpc) is 2.61. The molecule has 0 aromatic heterocycles. The molecule has 0 atom stereocenters. The van der Waals surface area contributed by atoms with Crippen LogP contribution in [0.4, 0.5) is 0 Å². The van der Waals surface area contributed by atoms with Gasteiger partial charge < -0.3 is 4.74 Å². The first-order valence-corrected chi connectivity index (χ1v) is 5.63. The van der Waals surface area contributed by atoms with E-state index < -0.39 is 0 Å². The summed E-state index contributed by atoms with van der Waals surface area (Å²) in [6.07, 6.45) is 4.88. The van der Waals surface area contributed by atoms with Crippen LogP contribution in [0.3, 0.4) is 0 Å². The van der Waals surface area contributed by atoms with E-state index in [1.807, 2.05) is 30.0 Å². The molecule has 2 aliphatic rings. The van der Waals surface area contributed by atoms with Gasteiger partial charge in [0.25, 0.3) is 0 Å². The fourth-order valence-corrected chi connectivity index (χ4v) is 2.97. The third-order valence-electron chi connectivity index (χ3n) is 2.44. The predicted octanol–water partition coefficient (Wildman–Crippen LogP) is 3.44. The van der Waals surface area contributed by atoms with Gasteiger partial charge in [0.2, 0.25) is 0 Å². The molecule has 0 amide bonds. The summed E-state index contributed by atoms with van der Waals surface area (Å²) in [6, 6.07) is 6.07. The van der Waals surface area contributed by atoms with Crippen molar-refractivity contribution < 1.29 is 6.11 Å². The second-order valence-electron chi connectivity index (χ2n) is 3.30. The van der Waals surface area contributed by atoms with Crippen LogP contribution in [0.25, 0.3) is 4.91 Å². The topological polar surface area (TPSA) is 9.23 Å². The Hall–Kier alpha value is -1.15. The summed E-state index contributed by atoms with van der Waals surface area (Å²) in [5.74, 6) is 1.95. The molecule has 1 aromatic rings. The first-order valence-electron chi connectivity index (χ1n) is 5.15. The van der Waals surface area contributed by atoms with Crippen LogP contribution in [-0.4, -0.2) is 5.75 Å². The van der Waals surface area contributed by atoms with Crippen molar-refractivity contribution in [1.29, 1.82) is 0 Å². The predicted molar refractivity (Wildman–Crippen MR) is 60.2 cm³/mol. The number of hydrogen-bond acceptors (Lipinski definition) is 2. The SMILES string of the molecule is [2H]c1ccc2c(c1)OC=CC1=C2SCC1. The minimum absolute atomic E-state index is 0.495. The molecule has 2 heterocycles. The molecule has 2 heteroatoms. The maximum Gasteiger partial charge on any atom is 0.134 e. The first-order chi connectivity index (χ1) is 7.34. The van der Waals surface area contributed by atoms with Crippen molar-refractivity contribution in [3.8, 4) is 5.75 Å². The van der Waals surface area contributed by atoms with Crippen LogP contribution < -0.4 is 4.74 Å². The van der Waals surface area contributed by atoms with Gasteiger partial charge in [0.1, 0.15) is 5.75 Å². The van der Waals surface area contributed by atoms with E-state index in [0.29, 0.717) is 6.04 Å². The van der Waals surface area contributed by atoms with Gasteiger partial charge in [-0.2, -0.15) is 0 Å². The fraction of sp³-hybridized carbons (Fsp3) is 0.167. The summed E-state index contributed by atoms with van der Waals surface area (Å²) in [5, 5.41) is 0. The van der Waals surface area contributed by atoms with Crippen LogP contribution in [0.2, 0.25) is 0 Å². The van der Waals surface area contributed by atoms with Crippen LogP contribution in [-0.2, 0) is 0 Å². The molecule has 3 rings (SSSR count). The lowest BCUT2D eigenvalue weighted by Gasteiger charge is -2.06. The zero-order valence-electron chi connectivity index (χ0n) is 8.62. The van der Waals surface area contributed by atoms with Crippen LogP contribution in [0.1, 0.15) is 13.4 Å². The Morgan fingerprint density at radius 1 is 1.43 bits per heavy atom. The van der Waals surface area contributed by atoms with E-state index in [9.17, 15) is 0 Å². The summed E-state index contributed by atoms with van der Waals surface area (Å²) < 4.78 is 13.1. The quantitative estimate of drug-likeness (QED) is 0.638. The van der Waals surface area contributed by atoms with E-state index in [2.05, 4.69) is 0 Å². The van der Waals surface area contributed by atoms with Crippen molar-refractivity contribution in [1.82, 2.24) is 0 Å². The minimum atomic E-state index is 0.495. The lowest BCUT2D eigenvalue weighted by Crippen LogP contribution is -1.85. The molecular formula is C12H10OS. The van der Waals surface area contributed by atoms with Crippen LogP contribution in [0.5, 0.6) is 5.75 Å². The molecule has 0 fully saturated rings. The van der Waals surface area contributed by atoms with Crippen molar-refractivity contribution in [2.45, 2.75) is 6.42 Å². The number of hydrogen-bond donors (Lipinski definition) is 0. The molecule has 2 aliphatic heterocycles. The Kier molecular flexibility index (Phi) is 1.65. The highest BCUT2D eigenvalue weighted by atomic mass is 32.2. The van der Waals surface area contributed by atoms with Gasteiger partial charge in [-0.15, -0.1) is 11.8 Å². The Morgan fingerprint density at radius 2 is 2.43 bits per heavy atom. The highest BCUT2D eigenvalue weighted by molar-refractivity contribution is 8.08. The van der Waals surface area contributed by atoms with Crippen molar-refractivity contribution in [3.63, 3.8) is 0 Å².